The molecule has 1 atom stereocenters. The lowest BCUT2D eigenvalue weighted by molar-refractivity contribution is -0.384. The highest BCUT2D eigenvalue weighted by Crippen LogP contribution is 2.27. The highest BCUT2D eigenvalue weighted by atomic mass is 16.6. The van der Waals surface area contributed by atoms with E-state index in [9.17, 15) is 14.9 Å². The van der Waals surface area contributed by atoms with Crippen LogP contribution in [0.4, 0.5) is 11.4 Å². The Balaban J connectivity index is 3.02. The van der Waals surface area contributed by atoms with Gasteiger partial charge in [0.25, 0.3) is 5.69 Å². The van der Waals surface area contributed by atoms with E-state index >= 15 is 0 Å². The van der Waals surface area contributed by atoms with Crippen LogP contribution in [0.2, 0.25) is 0 Å². The van der Waals surface area contributed by atoms with E-state index in [0.717, 1.165) is 0 Å². The van der Waals surface area contributed by atoms with Crippen LogP contribution < -0.4 is 15.4 Å². The fourth-order valence-corrected chi connectivity index (χ4v) is 1.64. The van der Waals surface area contributed by atoms with E-state index in [1.54, 1.807) is 13.0 Å². The molecule has 1 amide bonds. The molecule has 1 aromatic carbocycles. The molecule has 20 heavy (non-hydrogen) atoms. The monoisotopic (exact) mass is 281 g/mol. The maximum Gasteiger partial charge on any atom is 0.275 e. The number of amides is 1. The highest BCUT2D eigenvalue weighted by molar-refractivity contribution is 5.84. The molecule has 0 saturated heterocycles. The molecule has 1 aromatic rings. The summed E-state index contributed by atoms with van der Waals surface area (Å²) < 4.78 is 5.47. The summed E-state index contributed by atoms with van der Waals surface area (Å²) in [5, 5.41) is 16.3. The molecule has 110 valence electrons. The zero-order chi connectivity index (χ0) is 15.3. The molecule has 0 saturated carbocycles. The topological polar surface area (TPSA) is 93.5 Å². The van der Waals surface area contributed by atoms with Gasteiger partial charge in [-0.3, -0.25) is 14.9 Å². The second-order valence-corrected chi connectivity index (χ2v) is 4.62. The number of carbonyl (C=O) groups excluding carboxylic acids is 1. The van der Waals surface area contributed by atoms with Crippen LogP contribution >= 0.6 is 0 Å². The van der Waals surface area contributed by atoms with E-state index in [2.05, 4.69) is 10.6 Å². The normalized spacial score (nSPS) is 11.8. The van der Waals surface area contributed by atoms with Crippen LogP contribution in [0, 0.1) is 10.1 Å². The molecule has 1 rings (SSSR count). The number of hydrogen-bond acceptors (Lipinski definition) is 5. The summed E-state index contributed by atoms with van der Waals surface area (Å²) in [7, 11) is 1.53. The molecule has 1 unspecified atom stereocenters. The molecule has 7 nitrogen and oxygen atoms in total. The van der Waals surface area contributed by atoms with Gasteiger partial charge in [0.1, 0.15) is 11.8 Å². The summed E-state index contributed by atoms with van der Waals surface area (Å²) in [5.41, 5.74) is 0.376. The fraction of sp³-hybridized carbons (Fsp3) is 0.462. The molecular weight excluding hydrogens is 262 g/mol. The minimum Gasteiger partial charge on any atom is -0.491 e. The third-order valence-electron chi connectivity index (χ3n) is 2.50. The van der Waals surface area contributed by atoms with Gasteiger partial charge >= 0.3 is 0 Å². The molecule has 0 spiro atoms. The first-order valence-corrected chi connectivity index (χ1v) is 6.27. The quantitative estimate of drug-likeness (QED) is 0.614. The van der Waals surface area contributed by atoms with Gasteiger partial charge in [0.2, 0.25) is 5.91 Å². The van der Waals surface area contributed by atoms with Crippen molar-refractivity contribution in [2.24, 2.45) is 0 Å². The Morgan fingerprint density at radius 1 is 1.30 bits per heavy atom. The van der Waals surface area contributed by atoms with Crippen LogP contribution in [0.1, 0.15) is 20.8 Å². The van der Waals surface area contributed by atoms with Crippen molar-refractivity contribution >= 4 is 17.3 Å². The van der Waals surface area contributed by atoms with Gasteiger partial charge in [-0.05, 0) is 20.8 Å². The Morgan fingerprint density at radius 2 is 1.95 bits per heavy atom. The summed E-state index contributed by atoms with van der Waals surface area (Å²) in [6, 6.07) is 3.85. The van der Waals surface area contributed by atoms with Crippen molar-refractivity contribution in [3.63, 3.8) is 0 Å². The summed E-state index contributed by atoms with van der Waals surface area (Å²) in [6.07, 6.45) is -0.0961. The van der Waals surface area contributed by atoms with Crippen molar-refractivity contribution in [3.8, 4) is 5.75 Å². The molecule has 0 radical (unpaired) electrons. The van der Waals surface area contributed by atoms with E-state index in [1.165, 1.54) is 19.2 Å². The largest absolute Gasteiger partial charge is 0.491 e. The number of ether oxygens (including phenoxy) is 1. The lowest BCUT2D eigenvalue weighted by atomic mass is 10.2. The van der Waals surface area contributed by atoms with Gasteiger partial charge in [0.05, 0.1) is 17.1 Å². The Hall–Kier alpha value is -2.31. The van der Waals surface area contributed by atoms with E-state index in [1.807, 2.05) is 13.8 Å². The average molecular weight is 281 g/mol. The van der Waals surface area contributed by atoms with Crippen LogP contribution in [0.5, 0.6) is 5.75 Å². The second kappa shape index (κ2) is 6.74. The third kappa shape index (κ3) is 4.42. The molecule has 0 aromatic heterocycles. The number of nitrogens with one attached hydrogen (secondary N) is 2. The van der Waals surface area contributed by atoms with Crippen molar-refractivity contribution in [1.29, 1.82) is 0 Å². The van der Waals surface area contributed by atoms with Crippen LogP contribution in [-0.4, -0.2) is 30.0 Å². The smallest absolute Gasteiger partial charge is 0.275 e. The first kappa shape index (κ1) is 15.7. The Kier molecular flexibility index (Phi) is 5.31. The number of nitrogens with zero attached hydrogens (tertiary/aromatic N) is 1. The van der Waals surface area contributed by atoms with Crippen LogP contribution in [-0.2, 0) is 4.79 Å². The van der Waals surface area contributed by atoms with Crippen LogP contribution in [0.3, 0.4) is 0 Å². The lowest BCUT2D eigenvalue weighted by Crippen LogP contribution is -2.35. The Morgan fingerprint density at radius 3 is 2.45 bits per heavy atom. The summed E-state index contributed by atoms with van der Waals surface area (Å²) in [5.74, 6) is 0.184. The number of benzene rings is 1. The zero-order valence-electron chi connectivity index (χ0n) is 12.0. The number of carbonyl (C=O) groups is 1. The van der Waals surface area contributed by atoms with Crippen LogP contribution in [0.25, 0.3) is 0 Å². The van der Waals surface area contributed by atoms with E-state index in [-0.39, 0.29) is 17.7 Å². The predicted octanol–water partition coefficient (Wildman–Crippen LogP) is 1.93. The molecule has 0 aliphatic rings. The molecule has 0 bridgehead atoms. The van der Waals surface area contributed by atoms with Crippen molar-refractivity contribution in [2.45, 2.75) is 32.9 Å². The van der Waals surface area contributed by atoms with E-state index in [4.69, 9.17) is 4.74 Å². The number of nitro groups is 1. The Labute approximate surface area is 117 Å². The number of hydrogen-bond donors (Lipinski definition) is 2. The van der Waals surface area contributed by atoms with Crippen molar-refractivity contribution < 1.29 is 14.5 Å². The number of rotatable bonds is 6. The third-order valence-corrected chi connectivity index (χ3v) is 2.50. The fourth-order valence-electron chi connectivity index (χ4n) is 1.64. The predicted molar refractivity (Wildman–Crippen MR) is 76.0 cm³/mol. The second-order valence-electron chi connectivity index (χ2n) is 4.62. The number of nitro benzene ring substituents is 1. The van der Waals surface area contributed by atoms with Gasteiger partial charge in [-0.2, -0.15) is 0 Å². The summed E-state index contributed by atoms with van der Waals surface area (Å²) >= 11 is 0. The SMILES string of the molecule is CNC(=O)C(C)Nc1cc(OC(C)C)cc([N+](=O)[O-])c1. The van der Waals surface area contributed by atoms with Gasteiger partial charge in [-0.15, -0.1) is 0 Å². The minimum absolute atomic E-state index is 0.0882. The Bertz CT molecular complexity index is 502. The molecule has 0 fully saturated rings. The highest BCUT2D eigenvalue weighted by Gasteiger charge is 2.15. The average Bonchev–Trinajstić information content (AvgIpc) is 2.36. The van der Waals surface area contributed by atoms with Gasteiger partial charge in [0, 0.05) is 24.9 Å². The van der Waals surface area contributed by atoms with Crippen molar-refractivity contribution in [3.05, 3.63) is 28.3 Å². The first-order valence-electron chi connectivity index (χ1n) is 6.27. The number of likely N-dealkylation sites (N-methyl/N-ethyl adjacent to an activating group) is 1. The minimum atomic E-state index is -0.506. The number of anilines is 1. The van der Waals surface area contributed by atoms with Gasteiger partial charge < -0.3 is 15.4 Å². The van der Waals surface area contributed by atoms with Crippen molar-refractivity contribution in [2.75, 3.05) is 12.4 Å². The zero-order valence-corrected chi connectivity index (χ0v) is 12.0. The maximum atomic E-state index is 11.5. The molecule has 2 N–H and O–H groups in total. The van der Waals surface area contributed by atoms with Crippen molar-refractivity contribution in [1.82, 2.24) is 5.32 Å². The first-order chi connectivity index (χ1) is 9.33. The van der Waals surface area contributed by atoms with Gasteiger partial charge in [-0.25, -0.2) is 0 Å². The van der Waals surface area contributed by atoms with Gasteiger partial charge in [-0.1, -0.05) is 0 Å². The molecule has 0 aliphatic carbocycles. The van der Waals surface area contributed by atoms with Crippen LogP contribution in [0.15, 0.2) is 18.2 Å². The van der Waals surface area contributed by atoms with E-state index < -0.39 is 11.0 Å². The summed E-state index contributed by atoms with van der Waals surface area (Å²) in [4.78, 5) is 21.9. The standard InChI is InChI=1S/C13H19N3O4/c1-8(2)20-12-6-10(5-11(7-12)16(18)19)15-9(3)13(17)14-4/h5-9,15H,1-4H3,(H,14,17). The van der Waals surface area contributed by atoms with E-state index in [0.29, 0.717) is 11.4 Å². The summed E-state index contributed by atoms with van der Waals surface area (Å²) in [6.45, 7) is 5.33. The number of non-ortho nitro benzene ring substituents is 1. The molecular formula is C13H19N3O4. The van der Waals surface area contributed by atoms with Gasteiger partial charge in [0.15, 0.2) is 0 Å². The molecule has 7 heteroatoms. The lowest BCUT2D eigenvalue weighted by Gasteiger charge is -2.15. The molecule has 0 aliphatic heterocycles. The maximum absolute atomic E-state index is 11.5. The molecule has 0 heterocycles.